The lowest BCUT2D eigenvalue weighted by Crippen LogP contribution is -2.25. The number of hydrogen-bond donors (Lipinski definition) is 0. The van der Waals surface area contributed by atoms with E-state index in [1.54, 1.807) is 6.07 Å². The number of fused-ring (bicyclic) bond motifs is 1. The highest BCUT2D eigenvalue weighted by molar-refractivity contribution is 9.10. The lowest BCUT2D eigenvalue weighted by Gasteiger charge is -2.24. The van der Waals surface area contributed by atoms with E-state index in [2.05, 4.69) is 20.5 Å². The Hall–Kier alpha value is -1.77. The summed E-state index contributed by atoms with van der Waals surface area (Å²) in [5.41, 5.74) is 1.45. The van der Waals surface area contributed by atoms with Crippen molar-refractivity contribution in [2.45, 2.75) is 38.3 Å². The summed E-state index contributed by atoms with van der Waals surface area (Å²) in [5.74, 6) is 0.133. The number of rotatable bonds is 5. The molecule has 0 aliphatic carbocycles. The first-order valence-electron chi connectivity index (χ1n) is 9.18. The monoisotopic (exact) mass is 466 g/mol. The van der Waals surface area contributed by atoms with Gasteiger partial charge in [0.2, 0.25) is 0 Å². The van der Waals surface area contributed by atoms with Gasteiger partial charge in [-0.1, -0.05) is 22.0 Å². The maximum absolute atomic E-state index is 14.4. The number of benzene rings is 1. The van der Waals surface area contributed by atoms with E-state index < -0.39 is 0 Å². The number of thiophene rings is 1. The zero-order chi connectivity index (χ0) is 19.7. The molecule has 3 heterocycles. The fraction of sp³-hybridized carbons (Fsp3) is 0.400. The van der Waals surface area contributed by atoms with Gasteiger partial charge in [-0.3, -0.25) is 0 Å². The number of aromatic nitrogens is 2. The first-order valence-corrected chi connectivity index (χ1v) is 10.8. The normalized spacial score (nSPS) is 17.2. The van der Waals surface area contributed by atoms with Gasteiger partial charge in [0.15, 0.2) is 0 Å². The highest BCUT2D eigenvalue weighted by Gasteiger charge is 2.22. The van der Waals surface area contributed by atoms with Crippen LogP contribution in [0.4, 0.5) is 4.39 Å². The second-order valence-corrected chi connectivity index (χ2v) is 8.78. The standard InChI is InChI=1S/C20H20BrFN2O3S/c1-26-20(25)17-10-16-19(28-17)23-18(8-12-5-6-13(21)9-15(12)22)24(16)11-14-4-2-3-7-27-14/h5-6,9-10,14H,2-4,7-8,11H2,1H3/t14-/m0/s1. The topological polar surface area (TPSA) is 53.3 Å². The van der Waals surface area contributed by atoms with Crippen molar-refractivity contribution in [3.8, 4) is 0 Å². The van der Waals surface area contributed by atoms with E-state index in [0.29, 0.717) is 27.9 Å². The van der Waals surface area contributed by atoms with E-state index in [-0.39, 0.29) is 17.9 Å². The van der Waals surface area contributed by atoms with Gasteiger partial charge in [-0.15, -0.1) is 11.3 Å². The first kappa shape index (κ1) is 19.5. The molecule has 0 saturated carbocycles. The van der Waals surface area contributed by atoms with Crippen LogP contribution in [0.15, 0.2) is 28.7 Å². The zero-order valence-corrected chi connectivity index (χ0v) is 17.8. The smallest absolute Gasteiger partial charge is 0.348 e. The predicted molar refractivity (Wildman–Crippen MR) is 109 cm³/mol. The second kappa shape index (κ2) is 8.31. The lowest BCUT2D eigenvalue weighted by atomic mass is 10.1. The van der Waals surface area contributed by atoms with Crippen molar-refractivity contribution < 1.29 is 18.7 Å². The molecule has 0 unspecified atom stereocenters. The Morgan fingerprint density at radius 2 is 2.29 bits per heavy atom. The Morgan fingerprint density at radius 1 is 1.43 bits per heavy atom. The molecule has 0 N–H and O–H groups in total. The molecule has 0 bridgehead atoms. The molecule has 4 rings (SSSR count). The summed E-state index contributed by atoms with van der Waals surface area (Å²) in [6.45, 7) is 1.40. The Labute approximate surface area is 174 Å². The van der Waals surface area contributed by atoms with Crippen LogP contribution in [-0.2, 0) is 22.4 Å². The average Bonchev–Trinajstić information content (AvgIpc) is 3.23. The molecule has 1 atom stereocenters. The number of ether oxygens (including phenoxy) is 2. The number of carbonyl (C=O) groups excluding carboxylic acids is 1. The second-order valence-electron chi connectivity index (χ2n) is 6.83. The van der Waals surface area contributed by atoms with Gasteiger partial charge in [0.1, 0.15) is 21.3 Å². The summed E-state index contributed by atoms with van der Waals surface area (Å²) in [6, 6.07) is 6.87. The van der Waals surface area contributed by atoms with Gasteiger partial charge < -0.3 is 14.0 Å². The average molecular weight is 467 g/mol. The van der Waals surface area contributed by atoms with Crippen LogP contribution in [0.25, 0.3) is 10.3 Å². The van der Waals surface area contributed by atoms with Crippen molar-refractivity contribution in [1.29, 1.82) is 0 Å². The van der Waals surface area contributed by atoms with E-state index in [0.717, 1.165) is 42.0 Å². The van der Waals surface area contributed by atoms with Crippen molar-refractivity contribution >= 4 is 43.6 Å². The molecular formula is C20H20BrFN2O3S. The zero-order valence-electron chi connectivity index (χ0n) is 15.4. The van der Waals surface area contributed by atoms with Crippen LogP contribution < -0.4 is 0 Å². The molecule has 3 aromatic rings. The molecule has 1 aliphatic rings. The van der Waals surface area contributed by atoms with Crippen molar-refractivity contribution in [3.05, 3.63) is 50.8 Å². The van der Waals surface area contributed by atoms with Gasteiger partial charge in [-0.05, 0) is 43.0 Å². The third-order valence-corrected chi connectivity index (χ3v) is 6.43. The Bertz CT molecular complexity index is 1010. The van der Waals surface area contributed by atoms with Gasteiger partial charge in [-0.2, -0.15) is 0 Å². The summed E-state index contributed by atoms with van der Waals surface area (Å²) in [5, 5.41) is 0. The number of methoxy groups -OCH3 is 1. The highest BCUT2D eigenvalue weighted by Crippen LogP contribution is 2.30. The first-order chi connectivity index (χ1) is 13.5. The quantitative estimate of drug-likeness (QED) is 0.499. The highest BCUT2D eigenvalue weighted by atomic mass is 79.9. The van der Waals surface area contributed by atoms with Crippen LogP contribution in [-0.4, -0.2) is 35.3 Å². The minimum absolute atomic E-state index is 0.0983. The molecule has 28 heavy (non-hydrogen) atoms. The number of halogens is 2. The van der Waals surface area contributed by atoms with Gasteiger partial charge in [0.05, 0.1) is 25.3 Å². The molecule has 0 amide bonds. The molecule has 1 saturated heterocycles. The molecule has 1 aromatic carbocycles. The Balaban J connectivity index is 1.72. The molecule has 8 heteroatoms. The van der Waals surface area contributed by atoms with Crippen LogP contribution in [0.2, 0.25) is 0 Å². The minimum Gasteiger partial charge on any atom is -0.465 e. The number of carbonyl (C=O) groups is 1. The van der Waals surface area contributed by atoms with Gasteiger partial charge >= 0.3 is 5.97 Å². The van der Waals surface area contributed by atoms with Crippen molar-refractivity contribution in [2.75, 3.05) is 13.7 Å². The predicted octanol–water partition coefficient (Wildman–Crippen LogP) is 4.95. The van der Waals surface area contributed by atoms with E-state index in [1.807, 2.05) is 12.1 Å². The van der Waals surface area contributed by atoms with Crippen molar-refractivity contribution in [1.82, 2.24) is 9.55 Å². The molecule has 2 aromatic heterocycles. The van der Waals surface area contributed by atoms with Crippen molar-refractivity contribution in [2.24, 2.45) is 0 Å². The van der Waals surface area contributed by atoms with Gasteiger partial charge in [-0.25, -0.2) is 14.2 Å². The minimum atomic E-state index is -0.371. The maximum atomic E-state index is 14.4. The van der Waals surface area contributed by atoms with Crippen LogP contribution in [0.3, 0.4) is 0 Å². The summed E-state index contributed by atoms with van der Waals surface area (Å²) in [6.07, 6.45) is 3.68. The number of imidazole rings is 1. The molecule has 1 fully saturated rings. The van der Waals surface area contributed by atoms with E-state index in [1.165, 1.54) is 24.5 Å². The molecule has 0 spiro atoms. The SMILES string of the molecule is COC(=O)c1cc2c(nc(Cc3ccc(Br)cc3F)n2C[C@@H]2CCCCO2)s1. The number of hydrogen-bond acceptors (Lipinski definition) is 5. The van der Waals surface area contributed by atoms with Gasteiger partial charge in [0.25, 0.3) is 0 Å². The fourth-order valence-electron chi connectivity index (χ4n) is 3.49. The third-order valence-electron chi connectivity index (χ3n) is 4.94. The summed E-state index contributed by atoms with van der Waals surface area (Å²) < 4.78 is 27.9. The summed E-state index contributed by atoms with van der Waals surface area (Å²) in [4.78, 5) is 17.9. The third kappa shape index (κ3) is 3.99. The molecule has 148 valence electrons. The fourth-order valence-corrected chi connectivity index (χ4v) is 4.80. The van der Waals surface area contributed by atoms with Crippen molar-refractivity contribution in [3.63, 3.8) is 0 Å². The Morgan fingerprint density at radius 3 is 3.00 bits per heavy atom. The largest absolute Gasteiger partial charge is 0.465 e. The maximum Gasteiger partial charge on any atom is 0.348 e. The molecule has 1 aliphatic heterocycles. The summed E-state index contributed by atoms with van der Waals surface area (Å²) in [7, 11) is 1.37. The van der Waals surface area contributed by atoms with E-state index in [9.17, 15) is 9.18 Å². The number of nitrogens with zero attached hydrogens (tertiary/aromatic N) is 2. The van der Waals surface area contributed by atoms with Crippen LogP contribution >= 0.6 is 27.3 Å². The molecule has 0 radical (unpaired) electrons. The van der Waals surface area contributed by atoms with E-state index in [4.69, 9.17) is 14.5 Å². The van der Waals surface area contributed by atoms with Crippen LogP contribution in [0.5, 0.6) is 0 Å². The lowest BCUT2D eigenvalue weighted by molar-refractivity contribution is 0.00623. The van der Waals surface area contributed by atoms with Gasteiger partial charge in [0, 0.05) is 17.5 Å². The van der Waals surface area contributed by atoms with Crippen LogP contribution in [0.1, 0.15) is 40.3 Å². The van der Waals surface area contributed by atoms with E-state index >= 15 is 0 Å². The summed E-state index contributed by atoms with van der Waals surface area (Å²) >= 11 is 4.59. The molecular weight excluding hydrogens is 447 g/mol. The van der Waals surface area contributed by atoms with Crippen LogP contribution in [0, 0.1) is 5.82 Å². The Kier molecular flexibility index (Phi) is 5.80. The number of esters is 1. The molecule has 5 nitrogen and oxygen atoms in total.